The summed E-state index contributed by atoms with van der Waals surface area (Å²) in [4.78, 5) is 1.24. The van der Waals surface area contributed by atoms with Gasteiger partial charge in [-0.1, -0.05) is 35.9 Å². The van der Waals surface area contributed by atoms with E-state index in [1.807, 2.05) is 38.1 Å². The molecule has 2 N–H and O–H groups in total. The number of rotatable bonds is 6. The molecule has 33 heavy (non-hydrogen) atoms. The normalized spacial score (nSPS) is 10.8. The smallest absolute Gasteiger partial charge is 1.00 e. The Bertz CT molecular complexity index is 1170. The van der Waals surface area contributed by atoms with Crippen molar-refractivity contribution < 1.29 is 47.1 Å². The Morgan fingerprint density at radius 2 is 1.58 bits per heavy atom. The molecule has 2 aromatic carbocycles. The van der Waals surface area contributed by atoms with Crippen LogP contribution in [0.5, 0.6) is 5.75 Å². The van der Waals surface area contributed by atoms with E-state index in [0.29, 0.717) is 0 Å². The Kier molecular flexibility index (Phi) is 12.0. The van der Waals surface area contributed by atoms with Crippen molar-refractivity contribution in [1.82, 2.24) is 0 Å². The largest absolute Gasteiger partial charge is 1.00 e. The minimum atomic E-state index is -4.67. The van der Waals surface area contributed by atoms with Gasteiger partial charge < -0.3 is 6.16 Å². The Morgan fingerprint density at radius 1 is 1.06 bits per heavy atom. The first-order chi connectivity index (χ1) is 15.0. The zero-order chi connectivity index (χ0) is 23.9. The molecule has 0 aliphatic rings. The van der Waals surface area contributed by atoms with Crippen molar-refractivity contribution in [2.75, 3.05) is 6.26 Å². The topological polar surface area (TPSA) is 87.7 Å². The summed E-state index contributed by atoms with van der Waals surface area (Å²) in [5.74, 6) is 0.894. The summed E-state index contributed by atoms with van der Waals surface area (Å²) < 4.78 is 39.7. The van der Waals surface area contributed by atoms with E-state index in [9.17, 15) is 0 Å². The monoisotopic (exact) mass is 504 g/mol. The van der Waals surface area contributed by atoms with Crippen molar-refractivity contribution in [1.29, 1.82) is 0 Å². The number of pyridine rings is 1. The van der Waals surface area contributed by atoms with Gasteiger partial charge in [0.15, 0.2) is 12.4 Å². The minimum absolute atomic E-state index is 0. The van der Waals surface area contributed by atoms with Crippen LogP contribution >= 0.6 is 23.4 Å². The van der Waals surface area contributed by atoms with Crippen LogP contribution in [-0.2, 0) is 16.9 Å². The summed E-state index contributed by atoms with van der Waals surface area (Å²) in [6.07, 6.45) is 6.69. The van der Waals surface area contributed by atoms with Crippen molar-refractivity contribution in [2.24, 2.45) is 0 Å². The standard InChI is InChI=1S/C23H25ClNOS.Li.H2O4S.H/c1-5-25-14-21(17-8-6-10-19(24)12-17)23(27-4)22(15-25)18-9-7-11-20(13-18)26-16(2)3;;1-5(2,3)4;/h6-16H,5H2,1-4H3;;(H2,1,2,3,4);/q2*+1;;-1. The number of thioether (sulfide) groups is 1. The average molecular weight is 505 g/mol. The maximum Gasteiger partial charge on any atom is 1.00 e. The second-order valence-corrected chi connectivity index (χ2v) is 9.25. The third-order valence-electron chi connectivity index (χ3n) is 4.30. The summed E-state index contributed by atoms with van der Waals surface area (Å²) in [6, 6.07) is 16.4. The van der Waals surface area contributed by atoms with E-state index in [-0.39, 0.29) is 26.4 Å². The van der Waals surface area contributed by atoms with E-state index < -0.39 is 10.4 Å². The van der Waals surface area contributed by atoms with Gasteiger partial charge in [-0.3, -0.25) is 9.11 Å². The number of ether oxygens (including phenoxy) is 1. The molecule has 0 aliphatic heterocycles. The number of benzene rings is 2. The van der Waals surface area contributed by atoms with E-state index in [0.717, 1.165) is 28.4 Å². The predicted octanol–water partition coefficient (Wildman–Crippen LogP) is 2.95. The van der Waals surface area contributed by atoms with Gasteiger partial charge in [0.05, 0.1) is 17.2 Å². The van der Waals surface area contributed by atoms with Crippen LogP contribution in [0.25, 0.3) is 22.3 Å². The summed E-state index contributed by atoms with van der Waals surface area (Å²) in [6.45, 7) is 7.15. The molecule has 174 valence electrons. The van der Waals surface area contributed by atoms with E-state index >= 15 is 0 Å². The fraction of sp³-hybridized carbons (Fsp3) is 0.261. The second-order valence-electron chi connectivity index (χ2n) is 7.10. The molecule has 0 radical (unpaired) electrons. The first kappa shape index (κ1) is 29.5. The van der Waals surface area contributed by atoms with Gasteiger partial charge >= 0.3 is 29.3 Å². The molecule has 0 saturated heterocycles. The zero-order valence-electron chi connectivity index (χ0n) is 20.3. The fourth-order valence-corrected chi connectivity index (χ4v) is 4.08. The van der Waals surface area contributed by atoms with Crippen LogP contribution in [0.2, 0.25) is 5.02 Å². The van der Waals surface area contributed by atoms with Crippen molar-refractivity contribution >= 4 is 33.8 Å². The predicted molar refractivity (Wildman–Crippen MR) is 131 cm³/mol. The van der Waals surface area contributed by atoms with Gasteiger partial charge in [0.2, 0.25) is 0 Å². The van der Waals surface area contributed by atoms with Crippen molar-refractivity contribution in [3.8, 4) is 28.0 Å². The SMILES string of the molecule is CC[n+]1cc(-c2cccc(Cl)c2)c(SC)c(-c2cccc(OC(C)C)c2)c1.O=S(=O)(O)O.[H-].[Li+]. The molecule has 1 heterocycles. The Hall–Kier alpha value is -1.50. The third kappa shape index (κ3) is 9.71. The van der Waals surface area contributed by atoms with Gasteiger partial charge in [-0.25, -0.2) is 4.57 Å². The summed E-state index contributed by atoms with van der Waals surface area (Å²) in [5.41, 5.74) is 4.68. The summed E-state index contributed by atoms with van der Waals surface area (Å²) >= 11 is 8.02. The molecule has 6 nitrogen and oxygen atoms in total. The van der Waals surface area contributed by atoms with Gasteiger partial charge in [0.1, 0.15) is 12.3 Å². The van der Waals surface area contributed by atoms with Crippen LogP contribution in [-0.4, -0.2) is 29.9 Å². The van der Waals surface area contributed by atoms with E-state index in [1.54, 1.807) is 11.8 Å². The molecule has 3 aromatic rings. The molecule has 0 saturated carbocycles. The van der Waals surface area contributed by atoms with E-state index in [4.69, 9.17) is 33.9 Å². The molecule has 0 amide bonds. The maximum absolute atomic E-state index is 8.74. The number of halogens is 1. The van der Waals surface area contributed by atoms with Crippen molar-refractivity contribution in [2.45, 2.75) is 38.3 Å². The van der Waals surface area contributed by atoms with E-state index in [2.05, 4.69) is 54.4 Å². The van der Waals surface area contributed by atoms with Crippen molar-refractivity contribution in [3.63, 3.8) is 0 Å². The van der Waals surface area contributed by atoms with Gasteiger partial charge in [0.25, 0.3) is 0 Å². The van der Waals surface area contributed by atoms with Gasteiger partial charge in [0, 0.05) is 9.92 Å². The van der Waals surface area contributed by atoms with Gasteiger partial charge in [-0.15, -0.1) is 11.8 Å². The molecule has 0 atom stereocenters. The summed E-state index contributed by atoms with van der Waals surface area (Å²) in [7, 11) is -4.67. The Labute approximate surface area is 218 Å². The third-order valence-corrected chi connectivity index (χ3v) is 5.38. The number of hydrogen-bond donors (Lipinski definition) is 2. The number of hydrogen-bond acceptors (Lipinski definition) is 4. The molecule has 0 fully saturated rings. The molecule has 1 aromatic heterocycles. The van der Waals surface area contributed by atoms with Crippen LogP contribution in [0.1, 0.15) is 22.2 Å². The average Bonchev–Trinajstić information content (AvgIpc) is 2.71. The van der Waals surface area contributed by atoms with Crippen LogP contribution in [0.4, 0.5) is 0 Å². The van der Waals surface area contributed by atoms with Crippen LogP contribution in [0.3, 0.4) is 0 Å². The fourth-order valence-electron chi connectivity index (χ4n) is 3.11. The molecular weight excluding hydrogens is 477 g/mol. The summed E-state index contributed by atoms with van der Waals surface area (Å²) in [5, 5.41) is 0.750. The number of aromatic nitrogens is 1. The molecule has 0 spiro atoms. The number of nitrogens with zero attached hydrogens (tertiary/aromatic N) is 1. The molecule has 0 aliphatic carbocycles. The first-order valence-corrected chi connectivity index (χ1v) is 12.9. The first-order valence-electron chi connectivity index (χ1n) is 9.85. The zero-order valence-corrected chi connectivity index (χ0v) is 21.7. The Morgan fingerprint density at radius 3 is 2.03 bits per heavy atom. The van der Waals surface area contributed by atoms with Crippen LogP contribution < -0.4 is 28.2 Å². The molecule has 0 unspecified atom stereocenters. The quantitative estimate of drug-likeness (QED) is 0.232. The molecule has 0 bridgehead atoms. The molecule has 3 rings (SSSR count). The minimum Gasteiger partial charge on any atom is -1.00 e. The van der Waals surface area contributed by atoms with Crippen LogP contribution in [0.15, 0.2) is 65.8 Å². The van der Waals surface area contributed by atoms with E-state index in [1.165, 1.54) is 16.0 Å². The molecular formula is C23H28ClLiNO5S2+. The van der Waals surface area contributed by atoms with Gasteiger partial charge in [-0.2, -0.15) is 8.42 Å². The van der Waals surface area contributed by atoms with Gasteiger partial charge in [-0.05, 0) is 62.4 Å². The number of aryl methyl sites for hydroxylation is 1. The maximum atomic E-state index is 8.74. The second kappa shape index (κ2) is 13.4. The van der Waals surface area contributed by atoms with Crippen LogP contribution in [0, 0.1) is 0 Å². The van der Waals surface area contributed by atoms with Crippen molar-refractivity contribution in [3.05, 3.63) is 65.9 Å². The Balaban J connectivity index is 0.00000141. The molecule has 10 heteroatoms.